The third-order valence-corrected chi connectivity index (χ3v) is 4.02. The van der Waals surface area contributed by atoms with Crippen LogP contribution >= 0.6 is 0 Å². The lowest BCUT2D eigenvalue weighted by atomic mass is 9.94. The molecule has 0 spiro atoms. The molecule has 0 bridgehead atoms. The monoisotopic (exact) mass is 282 g/mol. The number of hydrogen-bond donors (Lipinski definition) is 0. The molecule has 0 aromatic rings. The minimum atomic E-state index is -0.121. The zero-order valence-corrected chi connectivity index (χ0v) is 12.8. The molecule has 4 heteroatoms. The fraction of sp³-hybridized carbons (Fsp3) is 0.812. The predicted molar refractivity (Wildman–Crippen MR) is 76.5 cm³/mol. The maximum absolute atomic E-state index is 11.4. The Labute approximate surface area is 121 Å². The summed E-state index contributed by atoms with van der Waals surface area (Å²) in [5.74, 6) is -0.121. The molecule has 0 aromatic heterocycles. The van der Waals surface area contributed by atoms with E-state index in [0.29, 0.717) is 25.2 Å². The van der Waals surface area contributed by atoms with E-state index in [1.165, 1.54) is 5.57 Å². The summed E-state index contributed by atoms with van der Waals surface area (Å²) >= 11 is 0. The summed E-state index contributed by atoms with van der Waals surface area (Å²) in [5.41, 5.74) is 1.27. The zero-order chi connectivity index (χ0) is 14.5. The van der Waals surface area contributed by atoms with Crippen molar-refractivity contribution in [3.8, 4) is 0 Å². The van der Waals surface area contributed by atoms with Gasteiger partial charge >= 0.3 is 5.97 Å². The van der Waals surface area contributed by atoms with E-state index in [9.17, 15) is 4.79 Å². The van der Waals surface area contributed by atoms with Gasteiger partial charge in [0, 0.05) is 6.42 Å². The van der Waals surface area contributed by atoms with E-state index >= 15 is 0 Å². The number of epoxide rings is 1. The van der Waals surface area contributed by atoms with Crippen LogP contribution in [-0.2, 0) is 19.0 Å². The maximum atomic E-state index is 11.4. The van der Waals surface area contributed by atoms with Gasteiger partial charge in [-0.1, -0.05) is 25.5 Å². The van der Waals surface area contributed by atoms with Crippen LogP contribution < -0.4 is 0 Å². The van der Waals surface area contributed by atoms with Crippen molar-refractivity contribution in [3.05, 3.63) is 11.6 Å². The molecular weight excluding hydrogens is 256 g/mol. The summed E-state index contributed by atoms with van der Waals surface area (Å²) in [5, 5.41) is 0. The standard InChI is InChI=1S/C16H26O4/c1-4-12(5-2)19-13-9-11(10-14-16(13)20-14)7-8-15(17)18-6-3/h9,12-14,16H,4-8,10H2,1-3H3. The Morgan fingerprint density at radius 1 is 1.40 bits per heavy atom. The third kappa shape index (κ3) is 4.06. The molecule has 2 rings (SSSR count). The largest absolute Gasteiger partial charge is 0.466 e. The lowest BCUT2D eigenvalue weighted by Crippen LogP contribution is -2.28. The van der Waals surface area contributed by atoms with E-state index in [1.807, 2.05) is 6.92 Å². The first-order valence-electron chi connectivity index (χ1n) is 7.84. The van der Waals surface area contributed by atoms with Gasteiger partial charge in [0.2, 0.25) is 0 Å². The number of carbonyl (C=O) groups is 1. The molecule has 0 amide bonds. The van der Waals surface area contributed by atoms with Gasteiger partial charge in [0.25, 0.3) is 0 Å². The zero-order valence-electron chi connectivity index (χ0n) is 12.8. The van der Waals surface area contributed by atoms with Gasteiger partial charge in [-0.25, -0.2) is 0 Å². The molecule has 114 valence electrons. The van der Waals surface area contributed by atoms with E-state index in [0.717, 1.165) is 25.7 Å². The Hall–Kier alpha value is -0.870. The lowest BCUT2D eigenvalue weighted by molar-refractivity contribution is -0.143. The fourth-order valence-corrected chi connectivity index (χ4v) is 2.76. The topological polar surface area (TPSA) is 48.1 Å². The maximum Gasteiger partial charge on any atom is 0.306 e. The molecule has 1 aliphatic heterocycles. The van der Waals surface area contributed by atoms with Crippen LogP contribution in [0.1, 0.15) is 52.9 Å². The number of fused-ring (bicyclic) bond motifs is 1. The highest BCUT2D eigenvalue weighted by Crippen LogP contribution is 2.39. The van der Waals surface area contributed by atoms with Crippen LogP contribution in [0, 0.1) is 0 Å². The van der Waals surface area contributed by atoms with Crippen molar-refractivity contribution in [3.63, 3.8) is 0 Å². The van der Waals surface area contributed by atoms with E-state index < -0.39 is 0 Å². The summed E-state index contributed by atoms with van der Waals surface area (Å²) in [6, 6.07) is 0. The molecule has 0 radical (unpaired) electrons. The average Bonchev–Trinajstić information content (AvgIpc) is 3.22. The van der Waals surface area contributed by atoms with Gasteiger partial charge < -0.3 is 14.2 Å². The van der Waals surface area contributed by atoms with Crippen molar-refractivity contribution in [1.82, 2.24) is 0 Å². The molecule has 3 unspecified atom stereocenters. The first-order chi connectivity index (χ1) is 9.67. The van der Waals surface area contributed by atoms with Crippen LogP contribution in [0.3, 0.4) is 0 Å². The van der Waals surface area contributed by atoms with Gasteiger partial charge in [0.15, 0.2) is 0 Å². The van der Waals surface area contributed by atoms with E-state index in [-0.39, 0.29) is 18.2 Å². The number of rotatable bonds is 8. The predicted octanol–water partition coefficient (Wildman–Crippen LogP) is 3.00. The highest BCUT2D eigenvalue weighted by molar-refractivity contribution is 5.69. The second-order valence-electron chi connectivity index (χ2n) is 5.51. The minimum absolute atomic E-state index is 0.0656. The second kappa shape index (κ2) is 7.23. The third-order valence-electron chi connectivity index (χ3n) is 4.02. The van der Waals surface area contributed by atoms with Crippen LogP contribution in [0.25, 0.3) is 0 Å². The summed E-state index contributed by atoms with van der Waals surface area (Å²) in [4.78, 5) is 11.4. The quantitative estimate of drug-likeness (QED) is 0.390. The van der Waals surface area contributed by atoms with E-state index in [2.05, 4.69) is 19.9 Å². The van der Waals surface area contributed by atoms with Crippen molar-refractivity contribution in [2.45, 2.75) is 77.3 Å². The summed E-state index contributed by atoms with van der Waals surface area (Å²) in [6.45, 7) is 6.58. The molecule has 0 saturated carbocycles. The first kappa shape index (κ1) is 15.5. The number of esters is 1. The first-order valence-corrected chi connectivity index (χ1v) is 7.84. The average molecular weight is 282 g/mol. The van der Waals surface area contributed by atoms with Gasteiger partial charge in [-0.3, -0.25) is 4.79 Å². The molecule has 0 aromatic carbocycles. The highest BCUT2D eigenvalue weighted by Gasteiger charge is 2.48. The Kier molecular flexibility index (Phi) is 5.61. The lowest BCUT2D eigenvalue weighted by Gasteiger charge is -2.23. The van der Waals surface area contributed by atoms with Crippen LogP contribution in [0.4, 0.5) is 0 Å². The van der Waals surface area contributed by atoms with Crippen LogP contribution in [0.5, 0.6) is 0 Å². The molecule has 20 heavy (non-hydrogen) atoms. The summed E-state index contributed by atoms with van der Waals surface area (Å²) in [6.07, 6.45) is 7.27. The van der Waals surface area contributed by atoms with Crippen molar-refractivity contribution < 1.29 is 19.0 Å². The van der Waals surface area contributed by atoms with Crippen molar-refractivity contribution in [2.24, 2.45) is 0 Å². The molecule has 3 atom stereocenters. The minimum Gasteiger partial charge on any atom is -0.466 e. The molecule has 1 aliphatic carbocycles. The fourth-order valence-electron chi connectivity index (χ4n) is 2.76. The Balaban J connectivity index is 1.86. The molecule has 0 N–H and O–H groups in total. The molecule has 1 heterocycles. The molecule has 1 fully saturated rings. The van der Waals surface area contributed by atoms with Crippen molar-refractivity contribution >= 4 is 5.97 Å². The van der Waals surface area contributed by atoms with E-state index in [1.54, 1.807) is 0 Å². The normalized spacial score (nSPS) is 28.0. The smallest absolute Gasteiger partial charge is 0.306 e. The van der Waals surface area contributed by atoms with Gasteiger partial charge in [0.05, 0.1) is 18.8 Å². The number of hydrogen-bond acceptors (Lipinski definition) is 4. The Morgan fingerprint density at radius 3 is 2.80 bits per heavy atom. The van der Waals surface area contributed by atoms with Crippen molar-refractivity contribution in [2.75, 3.05) is 6.61 Å². The van der Waals surface area contributed by atoms with Crippen molar-refractivity contribution in [1.29, 1.82) is 0 Å². The van der Waals surface area contributed by atoms with E-state index in [4.69, 9.17) is 14.2 Å². The summed E-state index contributed by atoms with van der Waals surface area (Å²) in [7, 11) is 0. The second-order valence-corrected chi connectivity index (χ2v) is 5.51. The Morgan fingerprint density at radius 2 is 2.15 bits per heavy atom. The van der Waals surface area contributed by atoms with Gasteiger partial charge in [-0.2, -0.15) is 0 Å². The molecule has 1 saturated heterocycles. The van der Waals surface area contributed by atoms with Crippen LogP contribution in [0.15, 0.2) is 11.6 Å². The van der Waals surface area contributed by atoms with Crippen LogP contribution in [-0.4, -0.2) is 37.0 Å². The SMILES string of the molecule is CCOC(=O)CCC1=CC(OC(CC)CC)C2OC2C1. The number of carbonyl (C=O) groups excluding carboxylic acids is 1. The van der Waals surface area contributed by atoms with Gasteiger partial charge in [0.1, 0.15) is 12.2 Å². The molecule has 4 nitrogen and oxygen atoms in total. The van der Waals surface area contributed by atoms with Gasteiger partial charge in [-0.15, -0.1) is 0 Å². The highest BCUT2D eigenvalue weighted by atomic mass is 16.6. The molecule has 2 aliphatic rings. The molecular formula is C16H26O4. The number of ether oxygens (including phenoxy) is 3. The van der Waals surface area contributed by atoms with Gasteiger partial charge in [-0.05, 0) is 32.6 Å². The van der Waals surface area contributed by atoms with Crippen LogP contribution in [0.2, 0.25) is 0 Å². The Bertz CT molecular complexity index is 359. The summed E-state index contributed by atoms with van der Waals surface area (Å²) < 4.78 is 16.7.